The van der Waals surface area contributed by atoms with Crippen molar-refractivity contribution in [3.8, 4) is 0 Å². The van der Waals surface area contributed by atoms with Gasteiger partial charge in [0, 0.05) is 12.0 Å². The fourth-order valence-corrected chi connectivity index (χ4v) is 1.88. The minimum Gasteiger partial charge on any atom is -0.396 e. The molecule has 1 heterocycles. The Morgan fingerprint density at radius 2 is 1.85 bits per heavy atom. The summed E-state index contributed by atoms with van der Waals surface area (Å²) in [4.78, 5) is 0. The zero-order valence-electron chi connectivity index (χ0n) is 8.72. The van der Waals surface area contributed by atoms with Gasteiger partial charge in [-0.3, -0.25) is 0 Å². The SMILES string of the molecule is CCC1(CCCCCCO)COC1. The lowest BCUT2D eigenvalue weighted by Gasteiger charge is -2.41. The molecular formula is C11H22O2. The Balaban J connectivity index is 1.98. The van der Waals surface area contributed by atoms with E-state index < -0.39 is 0 Å². The molecule has 1 N–H and O–H groups in total. The molecule has 2 heteroatoms. The van der Waals surface area contributed by atoms with Gasteiger partial charge in [-0.1, -0.05) is 26.2 Å². The topological polar surface area (TPSA) is 29.5 Å². The predicted molar refractivity (Wildman–Crippen MR) is 53.7 cm³/mol. The first kappa shape index (κ1) is 11.0. The average molecular weight is 186 g/mol. The number of rotatable bonds is 7. The third-order valence-electron chi connectivity index (χ3n) is 3.18. The highest BCUT2D eigenvalue weighted by Gasteiger charge is 2.35. The highest BCUT2D eigenvalue weighted by atomic mass is 16.5. The zero-order chi connectivity index (χ0) is 9.57. The zero-order valence-corrected chi connectivity index (χ0v) is 8.72. The number of ether oxygens (including phenoxy) is 1. The fourth-order valence-electron chi connectivity index (χ4n) is 1.88. The van der Waals surface area contributed by atoms with Gasteiger partial charge in [0.15, 0.2) is 0 Å². The largest absolute Gasteiger partial charge is 0.396 e. The fraction of sp³-hybridized carbons (Fsp3) is 1.00. The van der Waals surface area contributed by atoms with E-state index in [1.807, 2.05) is 0 Å². The molecule has 1 fully saturated rings. The molecule has 1 aliphatic heterocycles. The van der Waals surface area contributed by atoms with Gasteiger partial charge in [0.1, 0.15) is 0 Å². The van der Waals surface area contributed by atoms with E-state index in [4.69, 9.17) is 9.84 Å². The molecule has 0 bridgehead atoms. The van der Waals surface area contributed by atoms with Crippen LogP contribution < -0.4 is 0 Å². The van der Waals surface area contributed by atoms with Crippen LogP contribution in [0.3, 0.4) is 0 Å². The van der Waals surface area contributed by atoms with Gasteiger partial charge >= 0.3 is 0 Å². The Morgan fingerprint density at radius 1 is 1.15 bits per heavy atom. The quantitative estimate of drug-likeness (QED) is 0.618. The van der Waals surface area contributed by atoms with Crippen molar-refractivity contribution in [1.82, 2.24) is 0 Å². The minimum absolute atomic E-state index is 0.349. The second-order valence-corrected chi connectivity index (χ2v) is 4.23. The van der Waals surface area contributed by atoms with Crippen molar-refractivity contribution in [3.05, 3.63) is 0 Å². The molecular weight excluding hydrogens is 164 g/mol. The van der Waals surface area contributed by atoms with E-state index in [9.17, 15) is 0 Å². The van der Waals surface area contributed by atoms with Gasteiger partial charge in [-0.05, 0) is 19.3 Å². The molecule has 0 atom stereocenters. The maximum Gasteiger partial charge on any atom is 0.0544 e. The van der Waals surface area contributed by atoms with Crippen molar-refractivity contribution in [2.75, 3.05) is 19.8 Å². The Hall–Kier alpha value is -0.0800. The summed E-state index contributed by atoms with van der Waals surface area (Å²) in [6.07, 6.45) is 7.29. The van der Waals surface area contributed by atoms with E-state index in [1.165, 1.54) is 32.1 Å². The van der Waals surface area contributed by atoms with Crippen LogP contribution in [0.15, 0.2) is 0 Å². The smallest absolute Gasteiger partial charge is 0.0544 e. The molecule has 0 aromatic heterocycles. The van der Waals surface area contributed by atoms with E-state index in [2.05, 4.69) is 6.92 Å². The first-order valence-corrected chi connectivity index (χ1v) is 5.51. The normalized spacial score (nSPS) is 19.8. The highest BCUT2D eigenvalue weighted by molar-refractivity contribution is 4.83. The maximum absolute atomic E-state index is 8.61. The van der Waals surface area contributed by atoms with Crippen LogP contribution in [0.5, 0.6) is 0 Å². The molecule has 0 unspecified atom stereocenters. The van der Waals surface area contributed by atoms with E-state index in [-0.39, 0.29) is 0 Å². The maximum atomic E-state index is 8.61. The van der Waals surface area contributed by atoms with Gasteiger partial charge in [0.25, 0.3) is 0 Å². The average Bonchev–Trinajstić information content (AvgIpc) is 2.09. The lowest BCUT2D eigenvalue weighted by Crippen LogP contribution is -2.41. The molecule has 0 spiro atoms. The molecule has 1 aliphatic rings. The summed E-state index contributed by atoms with van der Waals surface area (Å²) in [5.41, 5.74) is 0.527. The first-order valence-electron chi connectivity index (χ1n) is 5.51. The molecule has 0 aliphatic carbocycles. The Kier molecular flexibility index (Phi) is 4.74. The molecule has 0 aromatic rings. The number of aliphatic hydroxyl groups excluding tert-OH is 1. The summed E-state index contributed by atoms with van der Waals surface area (Å²) in [7, 11) is 0. The van der Waals surface area contributed by atoms with Crippen LogP contribution in [-0.2, 0) is 4.74 Å². The molecule has 0 saturated carbocycles. The number of hydrogen-bond donors (Lipinski definition) is 1. The Bertz CT molecular complexity index is 125. The van der Waals surface area contributed by atoms with Gasteiger partial charge in [-0.25, -0.2) is 0 Å². The van der Waals surface area contributed by atoms with Gasteiger partial charge in [0.05, 0.1) is 13.2 Å². The van der Waals surface area contributed by atoms with Crippen molar-refractivity contribution in [3.63, 3.8) is 0 Å². The number of hydrogen-bond acceptors (Lipinski definition) is 2. The number of aliphatic hydroxyl groups is 1. The molecule has 78 valence electrons. The van der Waals surface area contributed by atoms with Crippen molar-refractivity contribution >= 4 is 0 Å². The van der Waals surface area contributed by atoms with E-state index in [1.54, 1.807) is 0 Å². The third-order valence-corrected chi connectivity index (χ3v) is 3.18. The minimum atomic E-state index is 0.349. The Labute approximate surface area is 81.3 Å². The second-order valence-electron chi connectivity index (χ2n) is 4.23. The molecule has 0 radical (unpaired) electrons. The number of unbranched alkanes of at least 4 members (excludes halogenated alkanes) is 3. The van der Waals surface area contributed by atoms with Crippen LogP contribution in [0.25, 0.3) is 0 Å². The second kappa shape index (κ2) is 5.61. The van der Waals surface area contributed by atoms with Gasteiger partial charge in [-0.2, -0.15) is 0 Å². The predicted octanol–water partition coefficient (Wildman–Crippen LogP) is 2.36. The molecule has 13 heavy (non-hydrogen) atoms. The molecule has 0 aromatic carbocycles. The van der Waals surface area contributed by atoms with Crippen LogP contribution in [0.2, 0.25) is 0 Å². The van der Waals surface area contributed by atoms with Crippen LogP contribution in [0, 0.1) is 5.41 Å². The summed E-state index contributed by atoms with van der Waals surface area (Å²) >= 11 is 0. The third kappa shape index (κ3) is 3.28. The molecule has 2 nitrogen and oxygen atoms in total. The van der Waals surface area contributed by atoms with Crippen molar-refractivity contribution < 1.29 is 9.84 Å². The summed E-state index contributed by atoms with van der Waals surface area (Å²) in [6, 6.07) is 0. The van der Waals surface area contributed by atoms with Gasteiger partial charge < -0.3 is 9.84 Å². The van der Waals surface area contributed by atoms with Crippen LogP contribution in [0.1, 0.15) is 45.4 Å². The standard InChI is InChI=1S/C11H22O2/c1-2-11(9-13-10-11)7-5-3-4-6-8-12/h12H,2-10H2,1H3. The van der Waals surface area contributed by atoms with Crippen LogP contribution in [0.4, 0.5) is 0 Å². The van der Waals surface area contributed by atoms with Crippen LogP contribution in [-0.4, -0.2) is 24.9 Å². The van der Waals surface area contributed by atoms with E-state index >= 15 is 0 Å². The highest BCUT2D eigenvalue weighted by Crippen LogP contribution is 2.36. The first-order chi connectivity index (χ1) is 6.33. The molecule has 1 saturated heterocycles. The lowest BCUT2D eigenvalue weighted by atomic mass is 9.78. The van der Waals surface area contributed by atoms with Gasteiger partial charge in [-0.15, -0.1) is 0 Å². The summed E-state index contributed by atoms with van der Waals surface area (Å²) in [5.74, 6) is 0. The van der Waals surface area contributed by atoms with Crippen molar-refractivity contribution in [1.29, 1.82) is 0 Å². The van der Waals surface area contributed by atoms with Crippen molar-refractivity contribution in [2.45, 2.75) is 45.4 Å². The molecule has 0 amide bonds. The molecule has 1 rings (SSSR count). The lowest BCUT2D eigenvalue weighted by molar-refractivity contribution is -0.120. The van der Waals surface area contributed by atoms with Crippen molar-refractivity contribution in [2.24, 2.45) is 5.41 Å². The van der Waals surface area contributed by atoms with E-state index in [0.717, 1.165) is 19.6 Å². The monoisotopic (exact) mass is 186 g/mol. The summed E-state index contributed by atoms with van der Waals surface area (Å²) in [6.45, 7) is 4.56. The van der Waals surface area contributed by atoms with Crippen LogP contribution >= 0.6 is 0 Å². The summed E-state index contributed by atoms with van der Waals surface area (Å²) in [5, 5.41) is 8.61. The van der Waals surface area contributed by atoms with Gasteiger partial charge in [0.2, 0.25) is 0 Å². The summed E-state index contributed by atoms with van der Waals surface area (Å²) < 4.78 is 5.27. The van der Waals surface area contributed by atoms with E-state index in [0.29, 0.717) is 12.0 Å². The Morgan fingerprint density at radius 3 is 2.31 bits per heavy atom.